The lowest BCUT2D eigenvalue weighted by molar-refractivity contribution is -0.0919. The molecule has 1 aliphatic heterocycles. The summed E-state index contributed by atoms with van der Waals surface area (Å²) in [7, 11) is 1.89. The molecule has 1 saturated heterocycles. The molecule has 2 aromatic rings. The van der Waals surface area contributed by atoms with Crippen molar-refractivity contribution in [2.75, 3.05) is 20.1 Å². The summed E-state index contributed by atoms with van der Waals surface area (Å²) < 4.78 is 67.7. The van der Waals surface area contributed by atoms with Crippen LogP contribution in [0.15, 0.2) is 53.3 Å². The number of allylic oxidation sites excluding steroid dienone is 6. The second-order valence-corrected chi connectivity index (χ2v) is 7.71. The van der Waals surface area contributed by atoms with Crippen molar-refractivity contribution in [3.8, 4) is 6.07 Å². The van der Waals surface area contributed by atoms with Crippen LogP contribution in [-0.4, -0.2) is 52.1 Å². The maximum Gasteiger partial charge on any atom is 0.419 e. The summed E-state index contributed by atoms with van der Waals surface area (Å²) in [5.41, 5.74) is -0.404. The Bertz CT molecular complexity index is 1140. The van der Waals surface area contributed by atoms with Gasteiger partial charge in [0.1, 0.15) is 11.9 Å². The third-order valence-corrected chi connectivity index (χ3v) is 5.27. The van der Waals surface area contributed by atoms with Gasteiger partial charge in [-0.2, -0.15) is 18.4 Å². The highest BCUT2D eigenvalue weighted by Crippen LogP contribution is 2.40. The fraction of sp³-hybridized carbons (Fsp3) is 0.391. The van der Waals surface area contributed by atoms with Gasteiger partial charge >= 0.3 is 6.18 Å². The van der Waals surface area contributed by atoms with Crippen molar-refractivity contribution >= 4 is 11.9 Å². The zero-order chi connectivity index (χ0) is 25.5. The number of hydrogen-bond donors (Lipinski definition) is 0. The first-order valence-electron chi connectivity index (χ1n) is 10.4. The van der Waals surface area contributed by atoms with Crippen LogP contribution in [0.3, 0.4) is 0 Å². The average molecular weight is 481 g/mol. The van der Waals surface area contributed by atoms with E-state index in [0.29, 0.717) is 49.5 Å². The summed E-state index contributed by atoms with van der Waals surface area (Å²) in [4.78, 5) is 12.5. The van der Waals surface area contributed by atoms with E-state index in [-0.39, 0.29) is 17.3 Å². The molecule has 0 bridgehead atoms. The number of aldehydes is 1. The topological polar surface area (TPSA) is 74.3 Å². The quantitative estimate of drug-likeness (QED) is 0.335. The van der Waals surface area contributed by atoms with E-state index in [9.17, 15) is 26.7 Å². The van der Waals surface area contributed by atoms with E-state index in [1.54, 1.807) is 12.1 Å². The molecule has 1 aliphatic rings. The van der Waals surface area contributed by atoms with Gasteiger partial charge in [0.05, 0.1) is 17.0 Å². The van der Waals surface area contributed by atoms with Crippen LogP contribution in [0.2, 0.25) is 0 Å². The number of pyridine rings is 1. The molecule has 6 nitrogen and oxygen atoms in total. The number of nitrogens with zero attached hydrogens (tertiary/aromatic N) is 5. The van der Waals surface area contributed by atoms with Crippen LogP contribution in [0, 0.1) is 17.2 Å². The molecule has 3 heterocycles. The van der Waals surface area contributed by atoms with E-state index in [1.165, 1.54) is 23.6 Å². The minimum Gasteiger partial charge on any atom is -0.306 e. The van der Waals surface area contributed by atoms with E-state index >= 15 is 0 Å². The third-order valence-electron chi connectivity index (χ3n) is 5.27. The molecule has 0 atom stereocenters. The van der Waals surface area contributed by atoms with Crippen molar-refractivity contribution < 1.29 is 26.7 Å². The number of rotatable bonds is 4. The van der Waals surface area contributed by atoms with Crippen LogP contribution < -0.4 is 0 Å². The molecule has 0 aromatic carbocycles. The van der Waals surface area contributed by atoms with Crippen molar-refractivity contribution in [2.24, 2.45) is 5.92 Å². The summed E-state index contributed by atoms with van der Waals surface area (Å²) in [5, 5.41) is 16.0. The maximum atomic E-state index is 13.9. The van der Waals surface area contributed by atoms with Gasteiger partial charge in [0.25, 0.3) is 0 Å². The van der Waals surface area contributed by atoms with Gasteiger partial charge in [0.2, 0.25) is 5.82 Å². The monoisotopic (exact) mass is 481 g/mol. The number of carbonyl (C=O) groups is 1. The molecule has 0 unspecified atom stereocenters. The molecule has 3 rings (SSSR count). The van der Waals surface area contributed by atoms with Crippen LogP contribution in [0.4, 0.5) is 22.0 Å². The number of hydrogen-bond acceptors (Lipinski definition) is 5. The second-order valence-electron chi connectivity index (χ2n) is 7.71. The maximum absolute atomic E-state index is 13.9. The zero-order valence-corrected chi connectivity index (χ0v) is 18.9. The fourth-order valence-corrected chi connectivity index (χ4v) is 3.64. The lowest BCUT2D eigenvalue weighted by Gasteiger charge is -2.32. The Morgan fingerprint density at radius 3 is 2.35 bits per heavy atom. The molecule has 0 spiro atoms. The van der Waals surface area contributed by atoms with E-state index in [2.05, 4.69) is 10.2 Å². The summed E-state index contributed by atoms with van der Waals surface area (Å²) >= 11 is 0. The fourth-order valence-electron chi connectivity index (χ4n) is 3.64. The van der Waals surface area contributed by atoms with E-state index in [1.807, 2.05) is 18.0 Å². The number of alkyl halides is 3. The third kappa shape index (κ3) is 6.81. The van der Waals surface area contributed by atoms with Crippen molar-refractivity contribution in [2.45, 2.75) is 32.9 Å². The van der Waals surface area contributed by atoms with E-state index in [4.69, 9.17) is 5.26 Å². The Labute approximate surface area is 193 Å². The highest BCUT2D eigenvalue weighted by Gasteiger charge is 2.41. The largest absolute Gasteiger partial charge is 0.419 e. The van der Waals surface area contributed by atoms with Crippen LogP contribution >= 0.6 is 0 Å². The standard InChI is InChI=1S/C15H20F5N.C8H4N4O/c1-4-12(11-5-7-21(3)8-6-11)14(15(18,19)20)13(17)9-10(2)16;9-3-6-1-2-7-10-11-8(5-13)12(7)4-6/h4,9,11H,5-8H2,1-3H3;1-2,4-5H/b10-9+,12-4-,14-13-;. The summed E-state index contributed by atoms with van der Waals surface area (Å²) in [6.07, 6.45) is -0.0781. The molecule has 0 aliphatic carbocycles. The van der Waals surface area contributed by atoms with Gasteiger partial charge in [0, 0.05) is 12.3 Å². The molecule has 0 radical (unpaired) electrons. The second kappa shape index (κ2) is 11.7. The molecule has 34 heavy (non-hydrogen) atoms. The first-order chi connectivity index (χ1) is 16.0. The molecule has 2 aromatic heterocycles. The van der Waals surface area contributed by atoms with Crippen LogP contribution in [0.5, 0.6) is 0 Å². The molecule has 0 N–H and O–H groups in total. The number of likely N-dealkylation sites (tertiary alicyclic amines) is 1. The number of nitriles is 1. The van der Waals surface area contributed by atoms with Crippen LogP contribution in [0.25, 0.3) is 5.65 Å². The van der Waals surface area contributed by atoms with Crippen molar-refractivity contribution in [1.29, 1.82) is 5.26 Å². The van der Waals surface area contributed by atoms with Crippen LogP contribution in [-0.2, 0) is 0 Å². The Morgan fingerprint density at radius 2 is 1.85 bits per heavy atom. The van der Waals surface area contributed by atoms with Gasteiger partial charge in [0.15, 0.2) is 11.9 Å². The number of fused-ring (bicyclic) bond motifs is 1. The lowest BCUT2D eigenvalue weighted by Crippen LogP contribution is -2.32. The first kappa shape index (κ1) is 26.9. The normalized spacial score (nSPS) is 17.0. The number of carbonyl (C=O) groups excluding carboxylic acids is 1. The smallest absolute Gasteiger partial charge is 0.306 e. The molecule has 1 fully saturated rings. The highest BCUT2D eigenvalue weighted by atomic mass is 19.4. The number of piperidine rings is 1. The zero-order valence-electron chi connectivity index (χ0n) is 18.9. The predicted octanol–water partition coefficient (Wildman–Crippen LogP) is 5.35. The van der Waals surface area contributed by atoms with Crippen molar-refractivity contribution in [3.63, 3.8) is 0 Å². The minimum atomic E-state index is -4.85. The Hall–Kier alpha value is -3.39. The summed E-state index contributed by atoms with van der Waals surface area (Å²) in [5.74, 6) is -2.71. The average Bonchev–Trinajstić information content (AvgIpc) is 3.19. The Balaban J connectivity index is 0.000000266. The number of aromatic nitrogens is 3. The van der Waals surface area contributed by atoms with Crippen LogP contribution in [0.1, 0.15) is 42.9 Å². The molecule has 0 saturated carbocycles. The first-order valence-corrected chi connectivity index (χ1v) is 10.4. The molecule has 11 heteroatoms. The van der Waals surface area contributed by atoms with Crippen molar-refractivity contribution in [1.82, 2.24) is 19.5 Å². The van der Waals surface area contributed by atoms with Gasteiger partial charge in [-0.25, -0.2) is 8.78 Å². The number of halogens is 5. The van der Waals surface area contributed by atoms with E-state index < -0.39 is 23.4 Å². The molecule has 0 amide bonds. The van der Waals surface area contributed by atoms with Gasteiger partial charge in [-0.05, 0) is 70.5 Å². The Kier molecular flexibility index (Phi) is 9.20. The van der Waals surface area contributed by atoms with Gasteiger partial charge in [-0.3, -0.25) is 9.20 Å². The summed E-state index contributed by atoms with van der Waals surface area (Å²) in [6, 6.07) is 5.23. The highest BCUT2D eigenvalue weighted by molar-refractivity contribution is 5.71. The molecular weight excluding hydrogens is 457 g/mol. The van der Waals surface area contributed by atoms with Crippen molar-refractivity contribution in [3.05, 3.63) is 64.7 Å². The van der Waals surface area contributed by atoms with Gasteiger partial charge in [-0.15, -0.1) is 10.2 Å². The van der Waals surface area contributed by atoms with Gasteiger partial charge in [-0.1, -0.05) is 6.08 Å². The minimum absolute atomic E-state index is 0.0781. The lowest BCUT2D eigenvalue weighted by atomic mass is 9.84. The molecular formula is C23H24F5N5O. The van der Waals surface area contributed by atoms with Gasteiger partial charge < -0.3 is 4.90 Å². The Morgan fingerprint density at radius 1 is 1.21 bits per heavy atom. The summed E-state index contributed by atoms with van der Waals surface area (Å²) in [6.45, 7) is 3.69. The predicted molar refractivity (Wildman–Crippen MR) is 116 cm³/mol. The SMILES string of the molecule is C\C=C(/C(=C(F)\C=C(/C)F)C(F)(F)F)C1CCN(C)CC1.N#Cc1ccc2nnc(C=O)n2c1. The van der Waals surface area contributed by atoms with E-state index in [0.717, 1.165) is 6.92 Å². The molecule has 182 valence electrons.